The van der Waals surface area contributed by atoms with E-state index in [1.807, 2.05) is 36.4 Å². The van der Waals surface area contributed by atoms with E-state index in [0.29, 0.717) is 16.9 Å². The number of phosphoric ester groups is 1. The van der Waals surface area contributed by atoms with Crippen molar-refractivity contribution in [3.63, 3.8) is 0 Å². The van der Waals surface area contributed by atoms with Crippen molar-refractivity contribution < 1.29 is 22.9 Å². The summed E-state index contributed by atoms with van der Waals surface area (Å²) in [6.45, 7) is 7.88. The third-order valence-corrected chi connectivity index (χ3v) is 10.6. The van der Waals surface area contributed by atoms with E-state index in [2.05, 4.69) is 35.3 Å². The molecule has 3 aromatic rings. The van der Waals surface area contributed by atoms with Crippen LogP contribution < -0.4 is 9.84 Å². The fourth-order valence-electron chi connectivity index (χ4n) is 6.69. The Balaban J connectivity index is 1.27. The Labute approximate surface area is 273 Å². The molecular weight excluding hydrogens is 597 g/mol. The number of piperidine rings is 1. The van der Waals surface area contributed by atoms with Crippen LogP contribution in [-0.2, 0) is 26.5 Å². The van der Waals surface area contributed by atoms with Crippen LogP contribution >= 0.6 is 7.82 Å². The molecule has 1 amide bonds. The van der Waals surface area contributed by atoms with Gasteiger partial charge in [-0.15, -0.1) is 0 Å². The number of nitrogens with zero attached hydrogens (tertiary/aromatic N) is 2. The molecule has 9 heteroatoms. The topological polar surface area (TPSA) is 101 Å². The number of rotatable bonds is 13. The van der Waals surface area contributed by atoms with Crippen molar-refractivity contribution in [2.45, 2.75) is 84.2 Å². The highest BCUT2D eigenvalue weighted by molar-refractivity contribution is 7.48. The lowest BCUT2D eigenvalue weighted by molar-refractivity contribution is 0.0782. The van der Waals surface area contributed by atoms with Crippen molar-refractivity contribution in [2.75, 3.05) is 26.3 Å². The minimum absolute atomic E-state index is 0.0629. The van der Waals surface area contributed by atoms with Gasteiger partial charge in [0.25, 0.3) is 5.91 Å². The molecule has 1 aliphatic heterocycles. The first-order valence-corrected chi connectivity index (χ1v) is 18.2. The number of benzene rings is 3. The van der Waals surface area contributed by atoms with Crippen LogP contribution in [0.15, 0.2) is 60.7 Å². The summed E-state index contributed by atoms with van der Waals surface area (Å²) in [6, 6.07) is 21.6. The van der Waals surface area contributed by atoms with Gasteiger partial charge in [0.2, 0.25) is 0 Å². The van der Waals surface area contributed by atoms with Crippen LogP contribution in [-0.4, -0.2) is 43.3 Å². The van der Waals surface area contributed by atoms with Gasteiger partial charge in [0.15, 0.2) is 0 Å². The third kappa shape index (κ3) is 8.08. The Morgan fingerprint density at radius 3 is 2.17 bits per heavy atom. The molecule has 1 heterocycles. The van der Waals surface area contributed by atoms with Gasteiger partial charge in [-0.05, 0) is 117 Å². The van der Waals surface area contributed by atoms with Crippen molar-refractivity contribution in [1.29, 1.82) is 5.26 Å². The van der Waals surface area contributed by atoms with E-state index in [1.54, 1.807) is 26.0 Å². The first kappa shape index (κ1) is 33.9. The molecule has 5 rings (SSSR count). The first-order valence-electron chi connectivity index (χ1n) is 16.8. The number of fused-ring (bicyclic) bond motifs is 1. The number of hydrogen-bond donors (Lipinski definition) is 1. The van der Waals surface area contributed by atoms with Crippen LogP contribution in [0.25, 0.3) is 11.1 Å². The molecule has 1 N–H and O–H groups in total. The summed E-state index contributed by atoms with van der Waals surface area (Å²) in [6.07, 6.45) is 7.67. The summed E-state index contributed by atoms with van der Waals surface area (Å²) in [5.74, 6) is 0.853. The Morgan fingerprint density at radius 1 is 0.935 bits per heavy atom. The average molecular weight is 644 g/mol. The minimum Gasteiger partial charge on any atom is -0.403 e. The van der Waals surface area contributed by atoms with Gasteiger partial charge in [-0.2, -0.15) is 5.26 Å². The number of amides is 1. The highest BCUT2D eigenvalue weighted by atomic mass is 31.2. The lowest BCUT2D eigenvalue weighted by Gasteiger charge is -2.38. The van der Waals surface area contributed by atoms with Crippen LogP contribution in [0.1, 0.15) is 97.8 Å². The molecular formula is C37H46N3O5P. The molecule has 0 spiro atoms. The van der Waals surface area contributed by atoms with Gasteiger partial charge < -0.3 is 9.84 Å². The van der Waals surface area contributed by atoms with Crippen molar-refractivity contribution in [3.05, 3.63) is 88.5 Å². The SMILES string of the molecule is CCCC(NC(=O)c1ccc(-c2ccc(C#N)cc2)cc1)N1CCC(c2ccc3c(c2OP(=O)(OCC)OCC)CCCC3)CC1. The van der Waals surface area contributed by atoms with Crippen molar-refractivity contribution in [1.82, 2.24) is 10.2 Å². The average Bonchev–Trinajstić information content (AvgIpc) is 3.08. The molecule has 0 aromatic heterocycles. The quantitative estimate of drug-likeness (QED) is 0.187. The monoisotopic (exact) mass is 643 g/mol. The third-order valence-electron chi connectivity index (χ3n) is 9.05. The Morgan fingerprint density at radius 2 is 1.57 bits per heavy atom. The van der Waals surface area contributed by atoms with Crippen molar-refractivity contribution >= 4 is 13.7 Å². The Hall–Kier alpha value is -3.47. The molecule has 1 fully saturated rings. The predicted molar refractivity (Wildman–Crippen MR) is 181 cm³/mol. The molecule has 8 nitrogen and oxygen atoms in total. The highest BCUT2D eigenvalue weighted by Crippen LogP contribution is 2.53. The second-order valence-electron chi connectivity index (χ2n) is 12.1. The van der Waals surface area contributed by atoms with Gasteiger partial charge in [0.05, 0.1) is 31.0 Å². The summed E-state index contributed by atoms with van der Waals surface area (Å²) in [7, 11) is -3.74. The van der Waals surface area contributed by atoms with Gasteiger partial charge in [0.1, 0.15) is 5.75 Å². The second-order valence-corrected chi connectivity index (χ2v) is 13.7. The van der Waals surface area contributed by atoms with E-state index in [0.717, 1.165) is 86.7 Å². The van der Waals surface area contributed by atoms with E-state index in [9.17, 15) is 9.36 Å². The maximum absolute atomic E-state index is 13.5. The maximum Gasteiger partial charge on any atom is 0.530 e. The molecule has 244 valence electrons. The Bertz CT molecular complexity index is 1550. The van der Waals surface area contributed by atoms with Gasteiger partial charge in [0, 0.05) is 18.7 Å². The smallest absolute Gasteiger partial charge is 0.403 e. The van der Waals surface area contributed by atoms with E-state index in [1.165, 1.54) is 5.56 Å². The van der Waals surface area contributed by atoms with E-state index in [4.69, 9.17) is 18.8 Å². The van der Waals surface area contributed by atoms with Crippen LogP contribution in [0.4, 0.5) is 0 Å². The number of nitrogens with one attached hydrogen (secondary N) is 1. The number of nitriles is 1. The molecule has 0 saturated carbocycles. The lowest BCUT2D eigenvalue weighted by atomic mass is 9.83. The molecule has 1 unspecified atom stereocenters. The van der Waals surface area contributed by atoms with Gasteiger partial charge in [-0.1, -0.05) is 49.7 Å². The fraction of sp³-hybridized carbons (Fsp3) is 0.459. The Kier molecular flexibility index (Phi) is 11.7. The molecule has 46 heavy (non-hydrogen) atoms. The van der Waals surface area contributed by atoms with Crippen molar-refractivity contribution in [3.8, 4) is 22.9 Å². The number of carbonyl (C=O) groups excluding carboxylic acids is 1. The fourth-order valence-corrected chi connectivity index (χ4v) is 7.94. The molecule has 0 radical (unpaired) electrons. The molecule has 2 aliphatic rings. The van der Waals surface area contributed by atoms with Crippen LogP contribution in [0.3, 0.4) is 0 Å². The molecule has 1 aliphatic carbocycles. The summed E-state index contributed by atoms with van der Waals surface area (Å²) < 4.78 is 30.9. The predicted octanol–water partition coefficient (Wildman–Crippen LogP) is 8.40. The largest absolute Gasteiger partial charge is 0.530 e. The van der Waals surface area contributed by atoms with Crippen LogP contribution in [0, 0.1) is 11.3 Å². The second kappa shape index (κ2) is 15.9. The normalized spacial score (nSPS) is 16.3. The van der Waals surface area contributed by atoms with Gasteiger partial charge in [-0.25, -0.2) is 4.57 Å². The van der Waals surface area contributed by atoms with Crippen molar-refractivity contribution in [2.24, 2.45) is 0 Å². The minimum atomic E-state index is -3.74. The van der Waals surface area contributed by atoms with E-state index >= 15 is 0 Å². The van der Waals surface area contributed by atoms with Gasteiger partial charge in [-0.3, -0.25) is 18.7 Å². The first-order chi connectivity index (χ1) is 22.4. The zero-order valence-corrected chi connectivity index (χ0v) is 28.2. The number of hydrogen-bond acceptors (Lipinski definition) is 7. The van der Waals surface area contributed by atoms with E-state index < -0.39 is 7.82 Å². The number of carbonyl (C=O) groups is 1. The zero-order chi connectivity index (χ0) is 32.5. The number of likely N-dealkylation sites (tertiary alicyclic amines) is 1. The highest BCUT2D eigenvalue weighted by Gasteiger charge is 2.34. The van der Waals surface area contributed by atoms with Gasteiger partial charge >= 0.3 is 7.82 Å². The molecule has 1 atom stereocenters. The summed E-state index contributed by atoms with van der Waals surface area (Å²) in [4.78, 5) is 15.8. The standard InChI is InChI=1S/C37H46N3O5P/c1-4-9-35(39-37(41)32-18-16-29(17-19-32)28-14-12-27(26-38)13-15-28)40-24-22-31(23-25-40)34-21-20-30-10-7-8-11-33(30)36(34)45-46(42,43-5-2)44-6-3/h12-21,31,35H,4-11,22-25H2,1-3H3,(H,39,41). The lowest BCUT2D eigenvalue weighted by Crippen LogP contribution is -2.50. The maximum atomic E-state index is 13.5. The zero-order valence-electron chi connectivity index (χ0n) is 27.3. The summed E-state index contributed by atoms with van der Waals surface area (Å²) >= 11 is 0. The van der Waals surface area contributed by atoms with Crippen LogP contribution in [0.2, 0.25) is 0 Å². The summed E-state index contributed by atoms with van der Waals surface area (Å²) in [5.41, 5.74) is 6.73. The van der Waals surface area contributed by atoms with Crippen LogP contribution in [0.5, 0.6) is 5.75 Å². The summed E-state index contributed by atoms with van der Waals surface area (Å²) in [5, 5.41) is 12.4. The molecule has 1 saturated heterocycles. The number of phosphoric acid groups is 1. The molecule has 0 bridgehead atoms. The molecule has 3 aromatic carbocycles. The van der Waals surface area contributed by atoms with E-state index in [-0.39, 0.29) is 31.2 Å². The number of aryl methyl sites for hydroxylation is 1.